The standard InChI is InChI=1S/C43H75NO16/c1-15-29-43(11,52)36(48)24(5)33(47)22(3)20-41(9,51)38(25(6)34(26(7)39(50)57-29)59-32-21-42(10,53-14)37(49)27(8)56-32)60-40-35(28(44(12)13)19-23(4)55-40)58-31(46)18-17-30(45)54-16-2/h22-29,32,34-38,40,48-49,51-52H,15-21H2,1-14H3/t22-,23-,24+,25+,26-,27+,28+,29-,32+,34+,35-,36-,37+,38?,40?,41-,42?,43-/m1/s1. The number of ketones is 1. The first-order valence-corrected chi connectivity index (χ1v) is 21.5. The van der Waals surface area contributed by atoms with Gasteiger partial charge in [-0.2, -0.15) is 0 Å². The van der Waals surface area contributed by atoms with E-state index in [1.54, 1.807) is 48.5 Å². The predicted octanol–water partition coefficient (Wildman–Crippen LogP) is 2.68. The maximum atomic E-state index is 14.3. The lowest BCUT2D eigenvalue weighted by molar-refractivity contribution is -0.319. The molecule has 0 radical (unpaired) electrons. The van der Waals surface area contributed by atoms with Crippen molar-refractivity contribution in [1.29, 1.82) is 0 Å². The largest absolute Gasteiger partial charge is 0.466 e. The Labute approximate surface area is 356 Å². The lowest BCUT2D eigenvalue weighted by Crippen LogP contribution is -2.61. The molecule has 18 atom stereocenters. The van der Waals surface area contributed by atoms with Gasteiger partial charge < -0.3 is 63.2 Å². The normalized spacial score (nSPS) is 43.8. The van der Waals surface area contributed by atoms with E-state index in [4.69, 9.17) is 37.9 Å². The Hall–Kier alpha value is -2.32. The van der Waals surface area contributed by atoms with Gasteiger partial charge in [0.1, 0.15) is 23.6 Å². The molecule has 60 heavy (non-hydrogen) atoms. The third kappa shape index (κ3) is 12.2. The van der Waals surface area contributed by atoms with Gasteiger partial charge in [-0.1, -0.05) is 27.7 Å². The summed E-state index contributed by atoms with van der Waals surface area (Å²) in [5.41, 5.74) is -5.06. The van der Waals surface area contributed by atoms with Gasteiger partial charge in [0.2, 0.25) is 0 Å². The van der Waals surface area contributed by atoms with E-state index >= 15 is 0 Å². The molecule has 0 aliphatic carbocycles. The molecule has 348 valence electrons. The van der Waals surface area contributed by atoms with Crippen LogP contribution in [0.3, 0.4) is 0 Å². The van der Waals surface area contributed by atoms with E-state index in [1.807, 2.05) is 25.9 Å². The van der Waals surface area contributed by atoms with Crippen LogP contribution in [0.5, 0.6) is 0 Å². The van der Waals surface area contributed by atoms with Gasteiger partial charge in [0, 0.05) is 31.3 Å². The summed E-state index contributed by atoms with van der Waals surface area (Å²) in [7, 11) is 5.09. The topological polar surface area (TPSA) is 226 Å². The van der Waals surface area contributed by atoms with Gasteiger partial charge in [0.15, 0.2) is 18.7 Å². The highest BCUT2D eigenvalue weighted by Crippen LogP contribution is 2.41. The summed E-state index contributed by atoms with van der Waals surface area (Å²) in [6.45, 7) is 17.9. The monoisotopic (exact) mass is 862 g/mol. The molecule has 0 spiro atoms. The molecule has 0 aromatic rings. The van der Waals surface area contributed by atoms with Crippen LogP contribution in [0.15, 0.2) is 0 Å². The van der Waals surface area contributed by atoms with Crippen molar-refractivity contribution >= 4 is 23.7 Å². The van der Waals surface area contributed by atoms with Gasteiger partial charge in [-0.05, 0) is 81.8 Å². The molecule has 3 aliphatic rings. The number of aliphatic hydroxyl groups excluding tert-OH is 2. The Bertz CT molecular complexity index is 1440. The Balaban J connectivity index is 2.22. The lowest BCUT2D eigenvalue weighted by Gasteiger charge is -2.49. The van der Waals surface area contributed by atoms with Crippen molar-refractivity contribution in [3.8, 4) is 0 Å². The summed E-state index contributed by atoms with van der Waals surface area (Å²) in [4.78, 5) is 55.6. The van der Waals surface area contributed by atoms with E-state index in [2.05, 4.69) is 0 Å². The number of ether oxygens (including phenoxy) is 8. The highest BCUT2D eigenvalue weighted by atomic mass is 16.7. The first-order valence-electron chi connectivity index (χ1n) is 21.5. The molecule has 17 heteroatoms. The van der Waals surface area contributed by atoms with E-state index in [0.29, 0.717) is 6.42 Å². The van der Waals surface area contributed by atoms with Crippen LogP contribution in [0, 0.1) is 23.7 Å². The number of cyclic esters (lactones) is 1. The Morgan fingerprint density at radius 1 is 0.850 bits per heavy atom. The van der Waals surface area contributed by atoms with E-state index in [-0.39, 0.29) is 38.7 Å². The molecular formula is C43H75NO16. The number of aliphatic hydroxyl groups is 4. The number of esters is 3. The van der Waals surface area contributed by atoms with Crippen molar-refractivity contribution in [1.82, 2.24) is 4.90 Å². The molecule has 0 aromatic carbocycles. The third-order valence-electron chi connectivity index (χ3n) is 12.9. The molecular weight excluding hydrogens is 786 g/mol. The molecule has 3 aliphatic heterocycles. The summed E-state index contributed by atoms with van der Waals surface area (Å²) in [5.74, 6) is -6.64. The average molecular weight is 862 g/mol. The van der Waals surface area contributed by atoms with Gasteiger partial charge in [0.25, 0.3) is 0 Å². The van der Waals surface area contributed by atoms with E-state index in [9.17, 15) is 39.6 Å². The minimum Gasteiger partial charge on any atom is -0.466 e. The number of carbonyl (C=O) groups excluding carboxylic acids is 4. The van der Waals surface area contributed by atoms with Crippen molar-refractivity contribution in [2.24, 2.45) is 23.7 Å². The number of likely N-dealkylation sites (N-methyl/N-ethyl adjacent to an activating group) is 1. The fourth-order valence-corrected chi connectivity index (χ4v) is 9.17. The molecule has 3 saturated heterocycles. The lowest BCUT2D eigenvalue weighted by atomic mass is 9.74. The van der Waals surface area contributed by atoms with Gasteiger partial charge in [0.05, 0.1) is 73.1 Å². The molecule has 3 rings (SSSR count). The number of rotatable bonds is 12. The number of Topliss-reactive ketones (excluding diaryl/α,β-unsaturated/α-hetero) is 1. The molecule has 17 nitrogen and oxygen atoms in total. The van der Waals surface area contributed by atoms with Gasteiger partial charge >= 0.3 is 17.9 Å². The van der Waals surface area contributed by atoms with Gasteiger partial charge in [-0.3, -0.25) is 19.2 Å². The SMILES string of the molecule is CCOC(=O)CCC(=O)O[C@H]1C(OC2[C@@H](C)[C@H](O[C@H]3CC(C)(OC)[C@@H](O)[C@H](C)O3)[C@@H](C)C(=O)O[C@H](CC)[C@@](C)(O)[C@H](O)[C@@H](C)C(=O)[C@H](C)C[C@@]2(C)O)O[C@H](C)C[C@@H]1N(C)C. The smallest absolute Gasteiger partial charge is 0.311 e. The molecule has 0 aromatic heterocycles. The molecule has 4 N–H and O–H groups in total. The summed E-state index contributed by atoms with van der Waals surface area (Å²) in [6, 6.07) is -0.443. The zero-order valence-electron chi connectivity index (χ0n) is 38.2. The van der Waals surface area contributed by atoms with Crippen LogP contribution in [-0.4, -0.2) is 161 Å². The van der Waals surface area contributed by atoms with Crippen LogP contribution in [0.25, 0.3) is 0 Å². The van der Waals surface area contributed by atoms with Crippen LogP contribution in [0.2, 0.25) is 0 Å². The van der Waals surface area contributed by atoms with E-state index in [0.717, 1.165) is 0 Å². The summed E-state index contributed by atoms with van der Waals surface area (Å²) >= 11 is 0. The minimum atomic E-state index is -2.04. The number of carbonyl (C=O) groups is 4. The van der Waals surface area contributed by atoms with Crippen molar-refractivity contribution in [3.05, 3.63) is 0 Å². The van der Waals surface area contributed by atoms with Crippen LogP contribution < -0.4 is 0 Å². The average Bonchev–Trinajstić information content (AvgIpc) is 3.17. The second-order valence-electron chi connectivity index (χ2n) is 18.2. The minimum absolute atomic E-state index is 0.0431. The van der Waals surface area contributed by atoms with Crippen LogP contribution in [0.4, 0.5) is 0 Å². The van der Waals surface area contributed by atoms with Crippen molar-refractivity contribution in [2.75, 3.05) is 27.8 Å². The fraction of sp³-hybridized carbons (Fsp3) is 0.907. The Kier molecular flexibility index (Phi) is 18.5. The second kappa shape index (κ2) is 21.4. The summed E-state index contributed by atoms with van der Waals surface area (Å²) < 4.78 is 48.8. The molecule has 3 heterocycles. The number of methoxy groups -OCH3 is 1. The molecule has 0 saturated carbocycles. The van der Waals surface area contributed by atoms with Gasteiger partial charge in [-0.15, -0.1) is 0 Å². The van der Waals surface area contributed by atoms with Crippen LogP contribution >= 0.6 is 0 Å². The van der Waals surface area contributed by atoms with Crippen LogP contribution in [-0.2, 0) is 57.1 Å². The van der Waals surface area contributed by atoms with Crippen molar-refractivity contribution < 1.29 is 77.5 Å². The highest BCUT2D eigenvalue weighted by molar-refractivity contribution is 5.83. The number of hydrogen-bond donors (Lipinski definition) is 4. The second-order valence-corrected chi connectivity index (χ2v) is 18.2. The zero-order valence-corrected chi connectivity index (χ0v) is 38.2. The predicted molar refractivity (Wildman–Crippen MR) is 216 cm³/mol. The quantitative estimate of drug-likeness (QED) is 0.163. The maximum absolute atomic E-state index is 14.3. The van der Waals surface area contributed by atoms with E-state index < -0.39 is 132 Å². The molecule has 0 bridgehead atoms. The van der Waals surface area contributed by atoms with Crippen molar-refractivity contribution in [2.45, 2.75) is 199 Å². The number of nitrogens with zero attached hydrogens (tertiary/aromatic N) is 1. The summed E-state index contributed by atoms with van der Waals surface area (Å²) in [6.07, 6.45) is -11.1. The van der Waals surface area contributed by atoms with E-state index in [1.165, 1.54) is 27.9 Å². The Morgan fingerprint density at radius 3 is 2.03 bits per heavy atom. The molecule has 0 amide bonds. The fourth-order valence-electron chi connectivity index (χ4n) is 9.17. The Morgan fingerprint density at radius 2 is 1.47 bits per heavy atom. The number of hydrogen-bond acceptors (Lipinski definition) is 17. The first-order chi connectivity index (χ1) is 27.8. The summed E-state index contributed by atoms with van der Waals surface area (Å²) in [5, 5.41) is 46.8. The maximum Gasteiger partial charge on any atom is 0.311 e. The van der Waals surface area contributed by atoms with Gasteiger partial charge in [-0.25, -0.2) is 0 Å². The zero-order chi connectivity index (χ0) is 45.7. The molecule has 3 fully saturated rings. The first kappa shape index (κ1) is 52.0. The van der Waals surface area contributed by atoms with Crippen LogP contribution in [0.1, 0.15) is 115 Å². The molecule has 3 unspecified atom stereocenters. The third-order valence-corrected chi connectivity index (χ3v) is 12.9. The highest BCUT2D eigenvalue weighted by Gasteiger charge is 2.54. The van der Waals surface area contributed by atoms with Crippen molar-refractivity contribution in [3.63, 3.8) is 0 Å².